The lowest BCUT2D eigenvalue weighted by Gasteiger charge is -2.19. The first-order valence-corrected chi connectivity index (χ1v) is 7.22. The van der Waals surface area contributed by atoms with Crippen LogP contribution in [0.3, 0.4) is 0 Å². The standard InChI is InChI=1S/C15H21N3O3/c1-21-14-7-6-12(10-17-14)9-16-13(19)11-18-8-4-2-3-5-15(18)20/h6-7,10H,2-5,8-9,11H2,1H3,(H,16,19). The fraction of sp³-hybridized carbons (Fsp3) is 0.533. The predicted octanol–water partition coefficient (Wildman–Crippen LogP) is 1.11. The molecule has 2 rings (SSSR count). The van der Waals surface area contributed by atoms with Crippen molar-refractivity contribution in [3.8, 4) is 5.88 Å². The van der Waals surface area contributed by atoms with Gasteiger partial charge in [0, 0.05) is 31.8 Å². The summed E-state index contributed by atoms with van der Waals surface area (Å²) in [6.07, 6.45) is 5.17. The number of hydrogen-bond acceptors (Lipinski definition) is 4. The molecule has 0 atom stereocenters. The Hall–Kier alpha value is -2.11. The molecule has 1 fully saturated rings. The summed E-state index contributed by atoms with van der Waals surface area (Å²) in [4.78, 5) is 29.5. The van der Waals surface area contributed by atoms with Gasteiger partial charge in [0.1, 0.15) is 0 Å². The number of nitrogens with one attached hydrogen (secondary N) is 1. The Kier molecular flexibility index (Phi) is 5.54. The highest BCUT2D eigenvalue weighted by Gasteiger charge is 2.18. The highest BCUT2D eigenvalue weighted by molar-refractivity contribution is 5.84. The van der Waals surface area contributed by atoms with Crippen molar-refractivity contribution in [3.05, 3.63) is 23.9 Å². The molecule has 21 heavy (non-hydrogen) atoms. The van der Waals surface area contributed by atoms with Crippen LogP contribution in [-0.2, 0) is 16.1 Å². The minimum Gasteiger partial charge on any atom is -0.481 e. The molecule has 0 bridgehead atoms. The maximum absolute atomic E-state index is 11.9. The first-order valence-electron chi connectivity index (χ1n) is 7.22. The van der Waals surface area contributed by atoms with E-state index in [1.807, 2.05) is 6.07 Å². The summed E-state index contributed by atoms with van der Waals surface area (Å²) in [6.45, 7) is 1.22. The summed E-state index contributed by atoms with van der Waals surface area (Å²) >= 11 is 0. The number of hydrogen-bond donors (Lipinski definition) is 1. The number of nitrogens with zero attached hydrogens (tertiary/aromatic N) is 2. The highest BCUT2D eigenvalue weighted by Crippen LogP contribution is 2.10. The molecule has 6 heteroatoms. The van der Waals surface area contributed by atoms with E-state index < -0.39 is 0 Å². The third-order valence-electron chi connectivity index (χ3n) is 3.50. The topological polar surface area (TPSA) is 71.5 Å². The van der Waals surface area contributed by atoms with E-state index in [1.54, 1.807) is 24.3 Å². The number of pyridine rings is 1. The molecule has 1 aromatic heterocycles. The van der Waals surface area contributed by atoms with E-state index >= 15 is 0 Å². The molecule has 0 aliphatic carbocycles. The first kappa shape index (κ1) is 15.3. The quantitative estimate of drug-likeness (QED) is 0.882. The predicted molar refractivity (Wildman–Crippen MR) is 77.7 cm³/mol. The molecule has 1 N–H and O–H groups in total. The van der Waals surface area contributed by atoms with Crippen LogP contribution in [0.2, 0.25) is 0 Å². The average Bonchev–Trinajstić information content (AvgIpc) is 2.71. The monoisotopic (exact) mass is 291 g/mol. The minimum absolute atomic E-state index is 0.0776. The molecule has 6 nitrogen and oxygen atoms in total. The third-order valence-corrected chi connectivity index (χ3v) is 3.50. The van der Waals surface area contributed by atoms with Gasteiger partial charge < -0.3 is 15.0 Å². The van der Waals surface area contributed by atoms with Crippen LogP contribution in [0.5, 0.6) is 5.88 Å². The number of carbonyl (C=O) groups is 2. The molecule has 0 spiro atoms. The van der Waals surface area contributed by atoms with Crippen molar-refractivity contribution in [3.63, 3.8) is 0 Å². The second kappa shape index (κ2) is 7.61. The number of methoxy groups -OCH3 is 1. The van der Waals surface area contributed by atoms with Crippen LogP contribution in [0.15, 0.2) is 18.3 Å². The largest absolute Gasteiger partial charge is 0.481 e. The Morgan fingerprint density at radius 1 is 1.38 bits per heavy atom. The summed E-state index contributed by atoms with van der Waals surface area (Å²) in [5.74, 6) is 0.482. The Morgan fingerprint density at radius 3 is 2.95 bits per heavy atom. The zero-order valence-corrected chi connectivity index (χ0v) is 12.3. The van der Waals surface area contributed by atoms with Gasteiger partial charge in [-0.2, -0.15) is 0 Å². The molecule has 1 saturated heterocycles. The zero-order chi connectivity index (χ0) is 15.1. The Bertz CT molecular complexity index is 487. The second-order valence-electron chi connectivity index (χ2n) is 5.11. The van der Waals surface area contributed by atoms with Gasteiger partial charge in [0.25, 0.3) is 0 Å². The SMILES string of the molecule is COc1ccc(CNC(=O)CN2CCCCCC2=O)cn1. The molecule has 2 amide bonds. The van der Waals surface area contributed by atoms with Crippen LogP contribution in [-0.4, -0.2) is 41.9 Å². The molecular weight excluding hydrogens is 270 g/mol. The van der Waals surface area contributed by atoms with Gasteiger partial charge in [-0.05, 0) is 18.4 Å². The summed E-state index contributed by atoms with van der Waals surface area (Å²) < 4.78 is 4.98. The van der Waals surface area contributed by atoms with Gasteiger partial charge in [-0.25, -0.2) is 4.98 Å². The van der Waals surface area contributed by atoms with Gasteiger partial charge in [-0.3, -0.25) is 9.59 Å². The van der Waals surface area contributed by atoms with Gasteiger partial charge >= 0.3 is 0 Å². The van der Waals surface area contributed by atoms with E-state index in [1.165, 1.54) is 0 Å². The number of ether oxygens (including phenoxy) is 1. The lowest BCUT2D eigenvalue weighted by molar-refractivity contribution is -0.135. The van der Waals surface area contributed by atoms with E-state index in [0.717, 1.165) is 24.8 Å². The summed E-state index contributed by atoms with van der Waals surface area (Å²) in [6, 6.07) is 3.60. The third kappa shape index (κ3) is 4.73. The first-order chi connectivity index (χ1) is 10.2. The van der Waals surface area contributed by atoms with Gasteiger partial charge in [-0.1, -0.05) is 12.5 Å². The molecule has 1 aromatic rings. The summed E-state index contributed by atoms with van der Waals surface area (Å²) in [5, 5.41) is 2.81. The van der Waals surface area contributed by atoms with Crippen LogP contribution in [0.1, 0.15) is 31.2 Å². The van der Waals surface area contributed by atoms with Gasteiger partial charge in [0.2, 0.25) is 17.7 Å². The van der Waals surface area contributed by atoms with E-state index in [9.17, 15) is 9.59 Å². The fourth-order valence-electron chi connectivity index (χ4n) is 2.27. The van der Waals surface area contributed by atoms with E-state index in [4.69, 9.17) is 4.74 Å². The second-order valence-corrected chi connectivity index (χ2v) is 5.11. The average molecular weight is 291 g/mol. The van der Waals surface area contributed by atoms with Crippen LogP contribution in [0, 0.1) is 0 Å². The Morgan fingerprint density at radius 2 is 2.24 bits per heavy atom. The van der Waals surface area contributed by atoms with Crippen molar-refractivity contribution < 1.29 is 14.3 Å². The van der Waals surface area contributed by atoms with Crippen molar-refractivity contribution in [2.24, 2.45) is 0 Å². The minimum atomic E-state index is -0.138. The van der Waals surface area contributed by atoms with Gasteiger partial charge in [0.05, 0.1) is 13.7 Å². The van der Waals surface area contributed by atoms with Crippen molar-refractivity contribution in [1.82, 2.24) is 15.2 Å². The lowest BCUT2D eigenvalue weighted by atomic mass is 10.2. The maximum Gasteiger partial charge on any atom is 0.239 e. The molecule has 0 saturated carbocycles. The van der Waals surface area contributed by atoms with E-state index in [0.29, 0.717) is 25.4 Å². The number of amides is 2. The molecule has 0 aromatic carbocycles. The molecule has 0 unspecified atom stereocenters. The number of rotatable bonds is 5. The Labute approximate surface area is 124 Å². The van der Waals surface area contributed by atoms with E-state index in [2.05, 4.69) is 10.3 Å². The van der Waals surface area contributed by atoms with Crippen molar-refractivity contribution >= 4 is 11.8 Å². The highest BCUT2D eigenvalue weighted by atomic mass is 16.5. The number of carbonyl (C=O) groups excluding carboxylic acids is 2. The number of likely N-dealkylation sites (tertiary alicyclic amines) is 1. The molecular formula is C15H21N3O3. The van der Waals surface area contributed by atoms with Crippen molar-refractivity contribution in [1.29, 1.82) is 0 Å². The molecule has 2 heterocycles. The maximum atomic E-state index is 11.9. The van der Waals surface area contributed by atoms with Crippen LogP contribution in [0.4, 0.5) is 0 Å². The molecule has 1 aliphatic heterocycles. The smallest absolute Gasteiger partial charge is 0.239 e. The van der Waals surface area contributed by atoms with Crippen LogP contribution >= 0.6 is 0 Å². The van der Waals surface area contributed by atoms with Crippen LogP contribution < -0.4 is 10.1 Å². The summed E-state index contributed by atoms with van der Waals surface area (Å²) in [5.41, 5.74) is 0.895. The summed E-state index contributed by atoms with van der Waals surface area (Å²) in [7, 11) is 1.56. The zero-order valence-electron chi connectivity index (χ0n) is 12.3. The van der Waals surface area contributed by atoms with Gasteiger partial charge in [-0.15, -0.1) is 0 Å². The Balaban J connectivity index is 1.79. The fourth-order valence-corrected chi connectivity index (χ4v) is 2.27. The van der Waals surface area contributed by atoms with Crippen molar-refractivity contribution in [2.75, 3.05) is 20.2 Å². The van der Waals surface area contributed by atoms with Crippen LogP contribution in [0.25, 0.3) is 0 Å². The normalized spacial score (nSPS) is 15.5. The van der Waals surface area contributed by atoms with Gasteiger partial charge in [0.15, 0.2) is 0 Å². The van der Waals surface area contributed by atoms with Crippen molar-refractivity contribution in [2.45, 2.75) is 32.2 Å². The molecule has 0 radical (unpaired) electrons. The lowest BCUT2D eigenvalue weighted by Crippen LogP contribution is -2.40. The number of aromatic nitrogens is 1. The van der Waals surface area contributed by atoms with E-state index in [-0.39, 0.29) is 18.4 Å². The molecule has 1 aliphatic rings. The molecule has 114 valence electrons.